The van der Waals surface area contributed by atoms with E-state index in [0.29, 0.717) is 19.1 Å². The lowest BCUT2D eigenvalue weighted by Gasteiger charge is -2.22. The monoisotopic (exact) mass is 328 g/mol. The van der Waals surface area contributed by atoms with Gasteiger partial charge in [-0.3, -0.25) is 4.68 Å². The molecule has 7 nitrogen and oxygen atoms in total. The lowest BCUT2D eigenvalue weighted by Crippen LogP contribution is -2.34. The lowest BCUT2D eigenvalue weighted by atomic mass is 10.1. The van der Waals surface area contributed by atoms with Gasteiger partial charge in [0.15, 0.2) is 0 Å². The Morgan fingerprint density at radius 3 is 2.86 bits per heavy atom. The van der Waals surface area contributed by atoms with Crippen LogP contribution in [0.4, 0.5) is 0 Å². The van der Waals surface area contributed by atoms with Crippen LogP contribution in [0.25, 0.3) is 0 Å². The molecule has 1 fully saturated rings. The molecule has 8 heteroatoms. The normalized spacial score (nSPS) is 21.5. The summed E-state index contributed by atoms with van der Waals surface area (Å²) in [6, 6.07) is 2.51. The number of nitrogens with zero attached hydrogens (tertiary/aromatic N) is 3. The third-order valence-electron chi connectivity index (χ3n) is 4.29. The smallest absolute Gasteiger partial charge is 0.211 e. The zero-order valence-corrected chi connectivity index (χ0v) is 13.8. The Morgan fingerprint density at radius 1 is 1.36 bits per heavy atom. The first-order chi connectivity index (χ1) is 10.5. The Kier molecular flexibility index (Phi) is 4.82. The van der Waals surface area contributed by atoms with Crippen molar-refractivity contribution in [1.82, 2.24) is 19.4 Å². The van der Waals surface area contributed by atoms with Gasteiger partial charge in [0, 0.05) is 38.9 Å². The highest BCUT2D eigenvalue weighted by atomic mass is 32.2. The van der Waals surface area contributed by atoms with Crippen LogP contribution >= 0.6 is 0 Å². The third kappa shape index (κ3) is 3.87. The predicted octanol–water partition coefficient (Wildman–Crippen LogP) is 0.317. The van der Waals surface area contributed by atoms with Crippen LogP contribution in [0.3, 0.4) is 0 Å². The number of hydrogen-bond donors (Lipinski definition) is 1. The van der Waals surface area contributed by atoms with Crippen LogP contribution in [-0.4, -0.2) is 54.6 Å². The SMILES string of the molecule is CS(=O)(=O)N1CCCn2nc(CNC3CCOCC3)cc2C1. The maximum atomic E-state index is 11.8. The highest BCUT2D eigenvalue weighted by Crippen LogP contribution is 2.16. The largest absolute Gasteiger partial charge is 0.381 e. The van der Waals surface area contributed by atoms with Gasteiger partial charge in [0.25, 0.3) is 0 Å². The summed E-state index contributed by atoms with van der Waals surface area (Å²) in [6.07, 6.45) is 4.14. The van der Waals surface area contributed by atoms with Gasteiger partial charge in [-0.05, 0) is 25.3 Å². The first kappa shape index (κ1) is 15.9. The van der Waals surface area contributed by atoms with Crippen LogP contribution in [0.1, 0.15) is 30.7 Å². The van der Waals surface area contributed by atoms with Gasteiger partial charge in [-0.1, -0.05) is 0 Å². The lowest BCUT2D eigenvalue weighted by molar-refractivity contribution is 0.0775. The Morgan fingerprint density at radius 2 is 2.14 bits per heavy atom. The summed E-state index contributed by atoms with van der Waals surface area (Å²) in [5, 5.41) is 8.13. The maximum Gasteiger partial charge on any atom is 0.211 e. The molecule has 0 aromatic carbocycles. The van der Waals surface area contributed by atoms with E-state index in [1.54, 1.807) is 0 Å². The van der Waals surface area contributed by atoms with E-state index in [1.807, 2.05) is 10.7 Å². The summed E-state index contributed by atoms with van der Waals surface area (Å²) >= 11 is 0. The van der Waals surface area contributed by atoms with Crippen molar-refractivity contribution in [2.24, 2.45) is 0 Å². The molecule has 0 radical (unpaired) electrons. The van der Waals surface area contributed by atoms with E-state index in [2.05, 4.69) is 10.4 Å². The van der Waals surface area contributed by atoms with E-state index in [4.69, 9.17) is 4.74 Å². The Bertz CT molecular complexity index is 608. The molecule has 3 heterocycles. The fraction of sp³-hybridized carbons (Fsp3) is 0.786. The molecule has 1 N–H and O–H groups in total. The van der Waals surface area contributed by atoms with Crippen molar-refractivity contribution < 1.29 is 13.2 Å². The van der Waals surface area contributed by atoms with Gasteiger partial charge in [-0.2, -0.15) is 9.40 Å². The van der Waals surface area contributed by atoms with Gasteiger partial charge in [-0.15, -0.1) is 0 Å². The number of aryl methyl sites for hydroxylation is 1. The number of hydrogen-bond acceptors (Lipinski definition) is 5. The molecule has 0 saturated carbocycles. The molecule has 22 heavy (non-hydrogen) atoms. The molecule has 0 aliphatic carbocycles. The number of nitrogens with one attached hydrogen (secondary N) is 1. The average molecular weight is 328 g/mol. The summed E-state index contributed by atoms with van der Waals surface area (Å²) in [5.74, 6) is 0. The van der Waals surface area contributed by atoms with Crippen molar-refractivity contribution in [3.63, 3.8) is 0 Å². The predicted molar refractivity (Wildman–Crippen MR) is 82.8 cm³/mol. The fourth-order valence-electron chi connectivity index (χ4n) is 3.01. The van der Waals surface area contributed by atoms with Gasteiger partial charge < -0.3 is 10.1 Å². The third-order valence-corrected chi connectivity index (χ3v) is 5.54. The van der Waals surface area contributed by atoms with Gasteiger partial charge >= 0.3 is 0 Å². The van der Waals surface area contributed by atoms with Crippen LogP contribution in [-0.2, 0) is 34.4 Å². The number of sulfonamides is 1. The fourth-order valence-corrected chi connectivity index (χ4v) is 3.84. The quantitative estimate of drug-likeness (QED) is 0.861. The molecule has 0 unspecified atom stereocenters. The highest BCUT2D eigenvalue weighted by Gasteiger charge is 2.23. The summed E-state index contributed by atoms with van der Waals surface area (Å²) in [6.45, 7) is 4.13. The molecule has 124 valence electrons. The van der Waals surface area contributed by atoms with E-state index in [-0.39, 0.29) is 0 Å². The number of aromatic nitrogens is 2. The Hall–Kier alpha value is -0.960. The number of ether oxygens (including phenoxy) is 1. The van der Waals surface area contributed by atoms with Gasteiger partial charge in [0.05, 0.1) is 24.2 Å². The summed E-state index contributed by atoms with van der Waals surface area (Å²) in [7, 11) is -3.15. The van der Waals surface area contributed by atoms with Crippen LogP contribution in [0.5, 0.6) is 0 Å². The van der Waals surface area contributed by atoms with Crippen LogP contribution in [0, 0.1) is 0 Å². The molecule has 2 aliphatic heterocycles. The molecule has 1 saturated heterocycles. The molecule has 0 amide bonds. The van der Waals surface area contributed by atoms with Crippen LogP contribution in [0.15, 0.2) is 6.07 Å². The number of fused-ring (bicyclic) bond motifs is 1. The molecule has 0 atom stereocenters. The van der Waals surface area contributed by atoms with Crippen LogP contribution in [0.2, 0.25) is 0 Å². The van der Waals surface area contributed by atoms with E-state index < -0.39 is 10.0 Å². The first-order valence-electron chi connectivity index (χ1n) is 7.84. The van der Waals surface area contributed by atoms with E-state index in [1.165, 1.54) is 10.6 Å². The minimum absolute atomic E-state index is 0.420. The maximum absolute atomic E-state index is 11.8. The van der Waals surface area contributed by atoms with Gasteiger partial charge in [0.1, 0.15) is 0 Å². The second kappa shape index (κ2) is 6.66. The minimum atomic E-state index is -3.15. The van der Waals surface area contributed by atoms with Crippen LogP contribution < -0.4 is 5.32 Å². The minimum Gasteiger partial charge on any atom is -0.381 e. The zero-order chi connectivity index (χ0) is 15.6. The van der Waals surface area contributed by atoms with E-state index >= 15 is 0 Å². The molecule has 2 aliphatic rings. The number of rotatable bonds is 4. The standard InChI is InChI=1S/C14H24N4O3S/c1-22(19,20)17-5-2-6-18-14(11-17)9-13(16-18)10-15-12-3-7-21-8-4-12/h9,12,15H,2-8,10-11H2,1H3. The Labute approximate surface area is 131 Å². The Balaban J connectivity index is 1.64. The summed E-state index contributed by atoms with van der Waals surface area (Å²) < 4.78 is 32.4. The second-order valence-corrected chi connectivity index (χ2v) is 8.05. The molecule has 1 aromatic rings. The van der Waals surface area contributed by atoms with Crippen molar-refractivity contribution in [2.75, 3.05) is 26.0 Å². The van der Waals surface area contributed by atoms with Crippen molar-refractivity contribution >= 4 is 10.0 Å². The average Bonchev–Trinajstić information content (AvgIpc) is 2.75. The van der Waals surface area contributed by atoms with Crippen molar-refractivity contribution in [2.45, 2.75) is 44.9 Å². The van der Waals surface area contributed by atoms with Crippen molar-refractivity contribution in [3.05, 3.63) is 17.5 Å². The zero-order valence-electron chi connectivity index (χ0n) is 13.0. The molecular weight excluding hydrogens is 304 g/mol. The molecule has 0 spiro atoms. The van der Waals surface area contributed by atoms with E-state index in [9.17, 15) is 8.42 Å². The van der Waals surface area contributed by atoms with Gasteiger partial charge in [0.2, 0.25) is 10.0 Å². The topological polar surface area (TPSA) is 76.5 Å². The van der Waals surface area contributed by atoms with Gasteiger partial charge in [-0.25, -0.2) is 8.42 Å². The molecular formula is C14H24N4O3S. The molecule has 0 bridgehead atoms. The first-order valence-corrected chi connectivity index (χ1v) is 9.69. The highest BCUT2D eigenvalue weighted by molar-refractivity contribution is 7.88. The second-order valence-electron chi connectivity index (χ2n) is 6.07. The summed E-state index contributed by atoms with van der Waals surface area (Å²) in [4.78, 5) is 0. The molecule has 1 aromatic heterocycles. The van der Waals surface area contributed by atoms with Crippen molar-refractivity contribution in [3.8, 4) is 0 Å². The molecule has 3 rings (SSSR count). The van der Waals surface area contributed by atoms with Crippen molar-refractivity contribution in [1.29, 1.82) is 0 Å². The van der Waals surface area contributed by atoms with E-state index in [0.717, 1.165) is 57.0 Å². The summed E-state index contributed by atoms with van der Waals surface area (Å²) in [5.41, 5.74) is 1.96.